The number of nitrogens with zero attached hydrogens (tertiary/aromatic N) is 1. The molecule has 220 valence electrons. The van der Waals surface area contributed by atoms with E-state index >= 15 is 0 Å². The Kier molecular flexibility index (Phi) is 7.95. The van der Waals surface area contributed by atoms with E-state index in [-0.39, 0.29) is 31.3 Å². The topological polar surface area (TPSA) is 163 Å². The molecule has 1 aliphatic carbocycles. The molecule has 1 fully saturated rings. The van der Waals surface area contributed by atoms with E-state index < -0.39 is 44.9 Å². The fourth-order valence-electron chi connectivity index (χ4n) is 5.69. The van der Waals surface area contributed by atoms with Gasteiger partial charge in [0.25, 0.3) is 5.91 Å². The van der Waals surface area contributed by atoms with Gasteiger partial charge < -0.3 is 21.3 Å². The Balaban J connectivity index is 1.26. The molecule has 1 aromatic heterocycles. The molecule has 0 spiro atoms. The lowest BCUT2D eigenvalue weighted by atomic mass is 9.97. The molecule has 2 heterocycles. The van der Waals surface area contributed by atoms with E-state index in [1.54, 1.807) is 24.4 Å². The third kappa shape index (κ3) is 5.68. The molecule has 0 saturated carbocycles. The van der Waals surface area contributed by atoms with Crippen molar-refractivity contribution in [2.45, 2.75) is 43.5 Å². The second-order valence-corrected chi connectivity index (χ2v) is 14.2. The molecule has 12 heteroatoms. The second-order valence-electron chi connectivity index (χ2n) is 10.9. The van der Waals surface area contributed by atoms with Crippen LogP contribution in [-0.4, -0.2) is 67.5 Å². The highest BCUT2D eigenvalue weighted by Crippen LogP contribution is 2.44. The number of nitrogen functional groups attached to an aromatic ring is 1. The van der Waals surface area contributed by atoms with Crippen molar-refractivity contribution in [2.75, 3.05) is 19.3 Å². The smallest absolute Gasteiger partial charge is 0.251 e. The summed E-state index contributed by atoms with van der Waals surface area (Å²) in [6, 6.07) is 13.9. The summed E-state index contributed by atoms with van der Waals surface area (Å²) in [6.07, 6.45) is 1.05. The van der Waals surface area contributed by atoms with Crippen molar-refractivity contribution in [2.24, 2.45) is 5.73 Å². The van der Waals surface area contributed by atoms with Crippen LogP contribution in [0.5, 0.6) is 0 Å². The summed E-state index contributed by atoms with van der Waals surface area (Å²) in [5.41, 5.74) is 11.0. The number of carbonyl (C=O) groups is 3. The van der Waals surface area contributed by atoms with E-state index in [4.69, 9.17) is 11.1 Å². The summed E-state index contributed by atoms with van der Waals surface area (Å²) >= 11 is 1.34. The van der Waals surface area contributed by atoms with Crippen molar-refractivity contribution >= 4 is 44.7 Å². The first-order valence-electron chi connectivity index (χ1n) is 13.6. The molecular formula is C30H33N5O5S2. The predicted octanol–water partition coefficient (Wildman–Crippen LogP) is 2.79. The van der Waals surface area contributed by atoms with Gasteiger partial charge in [-0.15, -0.1) is 11.3 Å². The van der Waals surface area contributed by atoms with Gasteiger partial charge in [-0.05, 0) is 53.8 Å². The first-order chi connectivity index (χ1) is 19.8. The van der Waals surface area contributed by atoms with Crippen LogP contribution < -0.4 is 16.4 Å². The minimum absolute atomic E-state index is 0.0382. The van der Waals surface area contributed by atoms with Crippen molar-refractivity contribution in [1.29, 1.82) is 5.41 Å². The van der Waals surface area contributed by atoms with Crippen LogP contribution in [0.4, 0.5) is 0 Å². The molecule has 0 radical (unpaired) electrons. The van der Waals surface area contributed by atoms with Crippen molar-refractivity contribution < 1.29 is 22.8 Å². The monoisotopic (exact) mass is 607 g/mol. The number of benzene rings is 2. The van der Waals surface area contributed by atoms with Crippen LogP contribution in [0.2, 0.25) is 0 Å². The van der Waals surface area contributed by atoms with Crippen LogP contribution in [0.25, 0.3) is 11.1 Å². The normalized spacial score (nSPS) is 20.0. The SMILES string of the molecule is CC(NC(=O)[C@@H]1C[C@@H](S(C)(=O)=O)CN1C(=O)CNC(=O)c1ccc2c(c1)C(C)c1ccccc1-2)c1cc(C(=N)N)cs1. The summed E-state index contributed by atoms with van der Waals surface area (Å²) in [7, 11) is -3.53. The zero-order valence-corrected chi connectivity index (χ0v) is 25.1. The molecule has 5 N–H and O–H groups in total. The van der Waals surface area contributed by atoms with Crippen molar-refractivity contribution in [3.05, 3.63) is 81.0 Å². The van der Waals surface area contributed by atoms with Crippen LogP contribution >= 0.6 is 11.3 Å². The van der Waals surface area contributed by atoms with Crippen LogP contribution in [0.1, 0.15) is 64.2 Å². The number of sulfone groups is 1. The number of rotatable bonds is 8. The lowest BCUT2D eigenvalue weighted by Gasteiger charge is -2.25. The number of fused-ring (bicyclic) bond motifs is 3. The van der Waals surface area contributed by atoms with E-state index in [1.165, 1.54) is 21.8 Å². The van der Waals surface area contributed by atoms with Gasteiger partial charge in [-0.3, -0.25) is 19.8 Å². The van der Waals surface area contributed by atoms with E-state index in [0.717, 1.165) is 27.8 Å². The van der Waals surface area contributed by atoms with Crippen LogP contribution in [0.15, 0.2) is 53.9 Å². The second kappa shape index (κ2) is 11.3. The minimum atomic E-state index is -3.53. The molecule has 1 saturated heterocycles. The zero-order valence-electron chi connectivity index (χ0n) is 23.5. The molecule has 2 unspecified atom stereocenters. The van der Waals surface area contributed by atoms with E-state index in [2.05, 4.69) is 29.7 Å². The Bertz CT molecular complexity index is 1700. The quantitative estimate of drug-likeness (QED) is 0.227. The summed E-state index contributed by atoms with van der Waals surface area (Å²) in [5.74, 6) is -1.41. The van der Waals surface area contributed by atoms with Crippen LogP contribution in [-0.2, 0) is 19.4 Å². The standard InChI is InChI=1S/C30H33N5O5S2/c1-16-21-6-4-5-7-22(21)23-9-8-18(10-24(16)23)29(37)33-13-27(36)35-14-20(42(3,39)40)12-25(35)30(38)34-17(2)26-11-19(15-41-26)28(31)32/h4-11,15-17,20,25H,12-14H2,1-3H3,(H3,31,32)(H,33,37)(H,34,38)/t16?,17?,20-,25+/m1/s1. The minimum Gasteiger partial charge on any atom is -0.384 e. The summed E-state index contributed by atoms with van der Waals surface area (Å²) in [5, 5.41) is 13.9. The number of likely N-dealkylation sites (tertiary alicyclic amines) is 1. The Hall–Kier alpha value is -4.03. The first kappa shape index (κ1) is 29.5. The number of carbonyl (C=O) groups excluding carboxylic acids is 3. The van der Waals surface area contributed by atoms with Gasteiger partial charge >= 0.3 is 0 Å². The Morgan fingerprint density at radius 1 is 1.10 bits per heavy atom. The third-order valence-electron chi connectivity index (χ3n) is 8.11. The zero-order chi connectivity index (χ0) is 30.3. The summed E-state index contributed by atoms with van der Waals surface area (Å²) in [4.78, 5) is 41.7. The average molecular weight is 608 g/mol. The Labute approximate surface area is 248 Å². The van der Waals surface area contributed by atoms with Gasteiger partial charge in [0, 0.05) is 40.1 Å². The lowest BCUT2D eigenvalue weighted by molar-refractivity contribution is -0.137. The molecule has 0 bridgehead atoms. The number of amides is 3. The number of nitrogens with two attached hydrogens (primary N) is 1. The largest absolute Gasteiger partial charge is 0.384 e. The third-order valence-corrected chi connectivity index (χ3v) is 10.8. The average Bonchev–Trinajstić information content (AvgIpc) is 3.69. The van der Waals surface area contributed by atoms with Gasteiger partial charge in [0.2, 0.25) is 11.8 Å². The summed E-state index contributed by atoms with van der Waals surface area (Å²) < 4.78 is 24.7. The van der Waals surface area contributed by atoms with Crippen LogP contribution in [0, 0.1) is 5.41 Å². The first-order valence-corrected chi connectivity index (χ1v) is 16.4. The highest BCUT2D eigenvalue weighted by molar-refractivity contribution is 7.91. The van der Waals surface area contributed by atoms with E-state index in [9.17, 15) is 22.8 Å². The number of hydrogen-bond acceptors (Lipinski definition) is 7. The molecular weight excluding hydrogens is 574 g/mol. The molecule has 42 heavy (non-hydrogen) atoms. The maximum Gasteiger partial charge on any atom is 0.251 e. The maximum absolute atomic E-state index is 13.3. The molecule has 3 amide bonds. The van der Waals surface area contributed by atoms with Crippen molar-refractivity contribution in [1.82, 2.24) is 15.5 Å². The number of hydrogen-bond donors (Lipinski definition) is 4. The highest BCUT2D eigenvalue weighted by Gasteiger charge is 2.43. The fourth-order valence-corrected chi connectivity index (χ4v) is 7.57. The summed E-state index contributed by atoms with van der Waals surface area (Å²) in [6.45, 7) is 3.34. The van der Waals surface area contributed by atoms with Crippen molar-refractivity contribution in [3.8, 4) is 11.1 Å². The lowest BCUT2D eigenvalue weighted by Crippen LogP contribution is -2.49. The molecule has 3 aromatic rings. The molecule has 5 rings (SSSR count). The van der Waals surface area contributed by atoms with E-state index in [0.29, 0.717) is 11.1 Å². The Morgan fingerprint density at radius 3 is 2.50 bits per heavy atom. The number of nitrogens with one attached hydrogen (secondary N) is 3. The highest BCUT2D eigenvalue weighted by atomic mass is 32.2. The van der Waals surface area contributed by atoms with Gasteiger partial charge in [0.05, 0.1) is 17.8 Å². The molecule has 4 atom stereocenters. The predicted molar refractivity (Wildman–Crippen MR) is 162 cm³/mol. The number of amidine groups is 1. The van der Waals surface area contributed by atoms with Crippen LogP contribution in [0.3, 0.4) is 0 Å². The molecule has 2 aliphatic rings. The molecule has 1 aliphatic heterocycles. The molecule has 10 nitrogen and oxygen atoms in total. The van der Waals surface area contributed by atoms with Gasteiger partial charge in [0.15, 0.2) is 9.84 Å². The molecule has 2 aromatic carbocycles. The van der Waals surface area contributed by atoms with Gasteiger partial charge in [-0.2, -0.15) is 0 Å². The fraction of sp³-hybridized carbons (Fsp3) is 0.333. The van der Waals surface area contributed by atoms with Crippen molar-refractivity contribution in [3.63, 3.8) is 0 Å². The van der Waals surface area contributed by atoms with Gasteiger partial charge in [0.1, 0.15) is 11.9 Å². The number of thiophene rings is 1. The van der Waals surface area contributed by atoms with Gasteiger partial charge in [-0.1, -0.05) is 37.3 Å². The Morgan fingerprint density at radius 2 is 1.81 bits per heavy atom. The maximum atomic E-state index is 13.3. The van der Waals surface area contributed by atoms with E-state index in [1.807, 2.05) is 24.3 Å². The van der Waals surface area contributed by atoms with Gasteiger partial charge in [-0.25, -0.2) is 8.42 Å².